The van der Waals surface area contributed by atoms with Crippen LogP contribution in [-0.2, 0) is 14.6 Å². The first-order valence-electron chi connectivity index (χ1n) is 13.1. The fourth-order valence-corrected chi connectivity index (χ4v) is 4.67. The number of aliphatic imine (C=N–C) groups is 1. The fraction of sp³-hybridized carbons (Fsp3) is 0.167. The Morgan fingerprint density at radius 3 is 2.24 bits per heavy atom. The van der Waals surface area contributed by atoms with E-state index in [0.717, 1.165) is 17.9 Å². The Balaban J connectivity index is 1.43. The predicted octanol–water partition coefficient (Wildman–Crippen LogP) is 5.01. The van der Waals surface area contributed by atoms with Crippen LogP contribution in [0.3, 0.4) is 0 Å². The molecule has 10 nitrogen and oxygen atoms in total. The maximum absolute atomic E-state index is 13.2. The number of halogens is 4. The quantitative estimate of drug-likeness (QED) is 0.107. The Labute approximate surface area is 255 Å². The third-order valence-corrected chi connectivity index (χ3v) is 7.39. The first-order chi connectivity index (χ1) is 21.2. The molecule has 1 unspecified atom stereocenters. The van der Waals surface area contributed by atoms with E-state index in [9.17, 15) is 35.9 Å². The number of guanidine groups is 1. The van der Waals surface area contributed by atoms with Gasteiger partial charge in [-0.15, -0.1) is 0 Å². The van der Waals surface area contributed by atoms with Crippen molar-refractivity contribution < 1.29 is 40.6 Å². The molecule has 0 aliphatic rings. The van der Waals surface area contributed by atoms with Gasteiger partial charge in [0, 0.05) is 29.8 Å². The Morgan fingerprint density at radius 2 is 1.67 bits per heavy atom. The van der Waals surface area contributed by atoms with E-state index in [0.29, 0.717) is 16.8 Å². The Kier molecular flexibility index (Phi) is 10.0. The van der Waals surface area contributed by atoms with E-state index in [-0.39, 0.29) is 22.4 Å². The second-order valence-electron chi connectivity index (χ2n) is 9.71. The third kappa shape index (κ3) is 9.23. The summed E-state index contributed by atoms with van der Waals surface area (Å²) < 4.78 is 79.9. The number of anilines is 2. The number of alkyl halides is 3. The summed E-state index contributed by atoms with van der Waals surface area (Å²) in [7, 11) is -3.72. The van der Waals surface area contributed by atoms with E-state index in [1.807, 2.05) is 0 Å². The summed E-state index contributed by atoms with van der Waals surface area (Å²) in [5, 5.41) is 15.0. The molecule has 0 bridgehead atoms. The maximum atomic E-state index is 13.2. The molecule has 1 atom stereocenters. The van der Waals surface area contributed by atoms with Crippen LogP contribution < -0.4 is 21.1 Å². The van der Waals surface area contributed by atoms with Crippen LogP contribution in [-0.4, -0.2) is 56.0 Å². The van der Waals surface area contributed by atoms with E-state index in [2.05, 4.69) is 20.6 Å². The first kappa shape index (κ1) is 32.9. The van der Waals surface area contributed by atoms with Gasteiger partial charge < -0.3 is 26.2 Å². The SMILES string of the molecule is CS(=O)(=O)c1ccc(NC(N)=Nc2ccc(-c3ccc(NC(=O)C(CO)c4ccc(F)cc4)cc3)cn2)c(OCC(F)(F)F)c1. The summed E-state index contributed by atoms with van der Waals surface area (Å²) >= 11 is 0. The van der Waals surface area contributed by atoms with Gasteiger partial charge in [-0.1, -0.05) is 24.3 Å². The zero-order valence-corrected chi connectivity index (χ0v) is 24.4. The molecule has 3 aromatic carbocycles. The molecule has 5 N–H and O–H groups in total. The highest BCUT2D eigenvalue weighted by Gasteiger charge is 2.29. The number of nitrogens with zero attached hydrogens (tertiary/aromatic N) is 2. The molecule has 1 aromatic heterocycles. The molecular weight excluding hydrogens is 618 g/mol. The number of aromatic nitrogens is 1. The van der Waals surface area contributed by atoms with Crippen LogP contribution in [0.15, 0.2) is 94.9 Å². The number of nitrogens with one attached hydrogen (secondary N) is 2. The molecule has 0 aliphatic heterocycles. The van der Waals surface area contributed by atoms with Crippen molar-refractivity contribution in [3.63, 3.8) is 0 Å². The number of hydrogen-bond donors (Lipinski definition) is 4. The molecule has 1 amide bonds. The lowest BCUT2D eigenvalue weighted by Crippen LogP contribution is -2.24. The Morgan fingerprint density at radius 1 is 1.00 bits per heavy atom. The van der Waals surface area contributed by atoms with Crippen molar-refractivity contribution in [2.24, 2.45) is 10.7 Å². The third-order valence-electron chi connectivity index (χ3n) is 6.28. The monoisotopic (exact) mass is 645 g/mol. The highest BCUT2D eigenvalue weighted by Crippen LogP contribution is 2.30. The minimum atomic E-state index is -4.66. The largest absolute Gasteiger partial charge is 0.482 e. The van der Waals surface area contributed by atoms with Gasteiger partial charge in [0.1, 0.15) is 11.6 Å². The molecule has 0 fully saturated rings. The number of rotatable bonds is 10. The van der Waals surface area contributed by atoms with Crippen LogP contribution >= 0.6 is 0 Å². The van der Waals surface area contributed by atoms with Crippen LogP contribution in [0.5, 0.6) is 5.75 Å². The molecule has 0 radical (unpaired) electrons. The molecular formula is C30H27F4N5O5S. The molecule has 4 aromatic rings. The number of aliphatic hydroxyl groups is 1. The standard InChI is InChI=1S/C30H27F4N5O5S/c1-45(42,43)23-11-12-25(26(14-23)44-17-30(32,33)34)38-29(35)39-27-13-6-20(15-36-27)18-4-9-22(10-5-18)37-28(41)24(16-40)19-2-7-21(31)8-3-19/h2-15,24,40H,16-17H2,1H3,(H,37,41)(H3,35,36,38,39). The first-order valence-corrected chi connectivity index (χ1v) is 15.0. The lowest BCUT2D eigenvalue weighted by Gasteiger charge is -2.15. The normalized spacial score (nSPS) is 12.8. The van der Waals surface area contributed by atoms with Crippen molar-refractivity contribution >= 4 is 38.9 Å². The summed E-state index contributed by atoms with van der Waals surface area (Å²) in [6.07, 6.45) is -2.24. The summed E-state index contributed by atoms with van der Waals surface area (Å²) in [5.74, 6) is -2.27. The second kappa shape index (κ2) is 13.7. The van der Waals surface area contributed by atoms with E-state index in [1.165, 1.54) is 42.6 Å². The number of pyridine rings is 1. The van der Waals surface area contributed by atoms with Crippen LogP contribution in [0.1, 0.15) is 11.5 Å². The summed E-state index contributed by atoms with van der Waals surface area (Å²) in [6, 6.07) is 18.7. The van der Waals surface area contributed by atoms with Gasteiger partial charge in [-0.05, 0) is 59.7 Å². The molecule has 0 aliphatic carbocycles. The zero-order valence-electron chi connectivity index (χ0n) is 23.5. The average Bonchev–Trinajstić information content (AvgIpc) is 2.98. The summed E-state index contributed by atoms with van der Waals surface area (Å²) in [5.41, 5.74) is 8.27. The number of carbonyl (C=O) groups is 1. The van der Waals surface area contributed by atoms with Gasteiger partial charge >= 0.3 is 6.18 Å². The molecule has 1 heterocycles. The predicted molar refractivity (Wildman–Crippen MR) is 161 cm³/mol. The number of sulfone groups is 1. The van der Waals surface area contributed by atoms with Crippen molar-refractivity contribution in [1.29, 1.82) is 0 Å². The minimum Gasteiger partial charge on any atom is -0.482 e. The number of nitrogens with two attached hydrogens (primary N) is 1. The molecule has 15 heteroatoms. The summed E-state index contributed by atoms with van der Waals surface area (Å²) in [4.78, 5) is 20.8. The molecule has 45 heavy (non-hydrogen) atoms. The van der Waals surface area contributed by atoms with Crippen molar-refractivity contribution in [2.75, 3.05) is 30.1 Å². The van der Waals surface area contributed by atoms with Crippen molar-refractivity contribution in [2.45, 2.75) is 17.0 Å². The van der Waals surface area contributed by atoms with Crippen LogP contribution in [0.25, 0.3) is 11.1 Å². The molecule has 4 rings (SSSR count). The van der Waals surface area contributed by atoms with Gasteiger partial charge in [-0.3, -0.25) is 4.79 Å². The molecule has 0 saturated heterocycles. The lowest BCUT2D eigenvalue weighted by atomic mass is 9.99. The van der Waals surface area contributed by atoms with Gasteiger partial charge in [0.15, 0.2) is 28.2 Å². The highest BCUT2D eigenvalue weighted by atomic mass is 32.2. The van der Waals surface area contributed by atoms with Gasteiger partial charge in [0.05, 0.1) is 23.1 Å². The van der Waals surface area contributed by atoms with Crippen molar-refractivity contribution in [1.82, 2.24) is 4.98 Å². The number of aliphatic hydroxyl groups excluding tert-OH is 1. The molecule has 236 valence electrons. The van der Waals surface area contributed by atoms with Crippen LogP contribution in [0.4, 0.5) is 34.8 Å². The van der Waals surface area contributed by atoms with Gasteiger partial charge in [-0.25, -0.2) is 17.8 Å². The van der Waals surface area contributed by atoms with Crippen molar-refractivity contribution in [3.05, 3.63) is 96.4 Å². The number of hydrogen-bond acceptors (Lipinski definition) is 7. The average molecular weight is 646 g/mol. The van der Waals surface area contributed by atoms with E-state index < -0.39 is 52.6 Å². The van der Waals surface area contributed by atoms with Gasteiger partial charge in [0.2, 0.25) is 5.91 Å². The van der Waals surface area contributed by atoms with Crippen molar-refractivity contribution in [3.8, 4) is 16.9 Å². The van der Waals surface area contributed by atoms with Crippen LogP contribution in [0, 0.1) is 5.82 Å². The topological polar surface area (TPSA) is 156 Å². The maximum Gasteiger partial charge on any atom is 0.422 e. The lowest BCUT2D eigenvalue weighted by molar-refractivity contribution is -0.153. The zero-order chi connectivity index (χ0) is 32.8. The smallest absolute Gasteiger partial charge is 0.422 e. The molecule has 0 spiro atoms. The number of ether oxygens (including phenoxy) is 1. The number of benzene rings is 3. The number of amides is 1. The van der Waals surface area contributed by atoms with Crippen LogP contribution in [0.2, 0.25) is 0 Å². The van der Waals surface area contributed by atoms with E-state index >= 15 is 0 Å². The Hall–Kier alpha value is -5.02. The summed E-state index contributed by atoms with van der Waals surface area (Å²) in [6.45, 7) is -2.11. The second-order valence-corrected chi connectivity index (χ2v) is 11.7. The fourth-order valence-electron chi connectivity index (χ4n) is 4.04. The minimum absolute atomic E-state index is 0.0420. The highest BCUT2D eigenvalue weighted by molar-refractivity contribution is 7.90. The van der Waals surface area contributed by atoms with E-state index in [4.69, 9.17) is 10.5 Å². The van der Waals surface area contributed by atoms with E-state index in [1.54, 1.807) is 36.4 Å². The van der Waals surface area contributed by atoms with Gasteiger partial charge in [0.25, 0.3) is 0 Å². The molecule has 0 saturated carbocycles. The number of carbonyl (C=O) groups excluding carboxylic acids is 1. The van der Waals surface area contributed by atoms with Gasteiger partial charge in [-0.2, -0.15) is 18.2 Å². The Bertz CT molecular complexity index is 1780.